The molecule has 0 saturated carbocycles. The molecule has 3 aromatic carbocycles. The number of benzene rings is 3. The van der Waals surface area contributed by atoms with Gasteiger partial charge in [0, 0.05) is 60.7 Å². The van der Waals surface area contributed by atoms with Crippen molar-refractivity contribution in [3.63, 3.8) is 0 Å². The molecule has 2 fully saturated rings. The van der Waals surface area contributed by atoms with Crippen LogP contribution in [0.1, 0.15) is 115 Å². The van der Waals surface area contributed by atoms with Crippen molar-refractivity contribution in [2.24, 2.45) is 21.8 Å². The Hall–Kier alpha value is -6.97. The summed E-state index contributed by atoms with van der Waals surface area (Å²) in [5, 5.41) is 6.35. The molecule has 0 spiro atoms. The van der Waals surface area contributed by atoms with Crippen LogP contribution >= 0.6 is 0 Å². The number of halogens is 1. The largest absolute Gasteiger partial charge is 0.488 e. The first-order valence-electron chi connectivity index (χ1n) is 25.3. The number of amides is 4. The number of nitrogens with one attached hydrogen (secondary N) is 2. The summed E-state index contributed by atoms with van der Waals surface area (Å²) in [6.45, 7) is 12.9. The number of hydrogen-bond acceptors (Lipinski definition) is 10. The van der Waals surface area contributed by atoms with Crippen LogP contribution in [0.3, 0.4) is 0 Å². The van der Waals surface area contributed by atoms with Gasteiger partial charge < -0.3 is 43.9 Å². The number of carbonyl (C=O) groups excluding carboxylic acids is 4. The van der Waals surface area contributed by atoms with E-state index in [1.165, 1.54) is 14.2 Å². The molecule has 10 rings (SSSR count). The highest BCUT2D eigenvalue weighted by atomic mass is 19.1. The molecule has 72 heavy (non-hydrogen) atoms. The monoisotopic (exact) mass is 981 g/mol. The van der Waals surface area contributed by atoms with Crippen molar-refractivity contribution in [2.75, 3.05) is 27.3 Å². The lowest BCUT2D eigenvalue weighted by molar-refractivity contribution is -0.134. The molecular weight excluding hydrogens is 918 g/mol. The van der Waals surface area contributed by atoms with E-state index in [1.807, 2.05) is 55.8 Å². The van der Waals surface area contributed by atoms with Gasteiger partial charge in [0.1, 0.15) is 35.0 Å². The second-order valence-corrected chi connectivity index (χ2v) is 21.2. The summed E-state index contributed by atoms with van der Waals surface area (Å²) in [4.78, 5) is 65.6. The minimum atomic E-state index is -0.751. The fourth-order valence-corrected chi connectivity index (χ4v) is 11.4. The third-order valence-electron chi connectivity index (χ3n) is 15.3. The first-order chi connectivity index (χ1) is 34.5. The minimum absolute atomic E-state index is 0.138. The van der Waals surface area contributed by atoms with Crippen molar-refractivity contribution in [1.29, 1.82) is 0 Å². The smallest absolute Gasteiger partial charge is 0.407 e. The second-order valence-electron chi connectivity index (χ2n) is 21.2. The van der Waals surface area contributed by atoms with Gasteiger partial charge in [-0.05, 0) is 128 Å². The molecule has 0 radical (unpaired) electrons. The molecule has 0 bridgehead atoms. The van der Waals surface area contributed by atoms with Crippen LogP contribution < -0.4 is 20.1 Å². The van der Waals surface area contributed by atoms with E-state index in [-0.39, 0.29) is 41.3 Å². The maximum atomic E-state index is 17.1. The number of aromatic nitrogens is 1. The van der Waals surface area contributed by atoms with Crippen molar-refractivity contribution in [3.8, 4) is 22.8 Å². The molecule has 378 valence electrons. The maximum absolute atomic E-state index is 17.1. The van der Waals surface area contributed by atoms with Gasteiger partial charge in [-0.1, -0.05) is 45.9 Å². The average molecular weight is 982 g/mol. The number of aryl methyl sites for hydroxylation is 1. The Morgan fingerprint density at radius 1 is 0.750 bits per heavy atom. The van der Waals surface area contributed by atoms with Crippen molar-refractivity contribution in [3.05, 3.63) is 95.1 Å². The molecule has 16 heteroatoms. The molecular formula is C56H64FN7O8. The Morgan fingerprint density at radius 2 is 1.35 bits per heavy atom. The van der Waals surface area contributed by atoms with Crippen molar-refractivity contribution in [2.45, 2.75) is 129 Å². The van der Waals surface area contributed by atoms with Gasteiger partial charge in [0.25, 0.3) is 0 Å². The molecule has 2 saturated heterocycles. The number of aliphatic imine (C=N–C) groups is 2. The van der Waals surface area contributed by atoms with Crippen LogP contribution in [0.15, 0.2) is 77.0 Å². The molecule has 15 nitrogen and oxygen atoms in total. The predicted molar refractivity (Wildman–Crippen MR) is 273 cm³/mol. The lowest BCUT2D eigenvalue weighted by atomic mass is 9.93. The molecule has 6 aliphatic heterocycles. The number of likely N-dealkylation sites (tertiary alicyclic amines) is 2. The zero-order valence-corrected chi connectivity index (χ0v) is 42.3. The highest BCUT2D eigenvalue weighted by Crippen LogP contribution is 2.48. The fraction of sp³-hybridized carbons (Fsp3) is 0.464. The SMILES string of the molecule is COC(=O)N[C@H](C(=O)N1CCC[C@H]1C1=NC=C(c2cc(F)c3c(c2)OC(c2ccc4c(c2)OC(C)(C)CC4)n2c-3cc3cc(C4=CN=C([C@@H]5CCCN5C(=O)[C@@H](NC(=O)OC)C(C)C)C4)ccc32)C1)C(C)C. The molecule has 7 heterocycles. The van der Waals surface area contributed by atoms with E-state index in [2.05, 4.69) is 65.4 Å². The Bertz CT molecular complexity index is 3000. The van der Waals surface area contributed by atoms with Crippen LogP contribution in [0.5, 0.6) is 11.5 Å². The first kappa shape index (κ1) is 48.6. The Kier molecular flexibility index (Phi) is 13.0. The summed E-state index contributed by atoms with van der Waals surface area (Å²) in [7, 11) is 2.57. The van der Waals surface area contributed by atoms with E-state index in [4.69, 9.17) is 28.9 Å². The van der Waals surface area contributed by atoms with Gasteiger partial charge >= 0.3 is 12.2 Å². The number of hydrogen-bond donors (Lipinski definition) is 2. The topological polar surface area (TPSA) is 165 Å². The zero-order valence-electron chi connectivity index (χ0n) is 42.3. The number of rotatable bonds is 11. The predicted octanol–water partition coefficient (Wildman–Crippen LogP) is 9.60. The van der Waals surface area contributed by atoms with Crippen molar-refractivity contribution in [1.82, 2.24) is 25.0 Å². The van der Waals surface area contributed by atoms with Gasteiger partial charge in [-0.25, -0.2) is 14.0 Å². The molecule has 4 amide bonds. The minimum Gasteiger partial charge on any atom is -0.488 e. The van der Waals surface area contributed by atoms with Crippen LogP contribution in [0, 0.1) is 17.7 Å². The van der Waals surface area contributed by atoms with Gasteiger partial charge in [-0.2, -0.15) is 0 Å². The van der Waals surface area contributed by atoms with E-state index in [1.54, 1.807) is 12.3 Å². The second kappa shape index (κ2) is 19.2. The number of fused-ring (bicyclic) bond motifs is 6. The number of alkyl carbamates (subject to hydrolysis) is 2. The van der Waals surface area contributed by atoms with Crippen molar-refractivity contribution >= 4 is 57.5 Å². The summed E-state index contributed by atoms with van der Waals surface area (Å²) in [5.74, 6) is 0.155. The number of allylic oxidation sites excluding steroid dienone is 2. The average Bonchev–Trinajstić information content (AvgIpc) is 4.22. The highest BCUT2D eigenvalue weighted by Gasteiger charge is 2.41. The number of ether oxygens (including phenoxy) is 4. The summed E-state index contributed by atoms with van der Waals surface area (Å²) in [6, 6.07) is 16.1. The Balaban J connectivity index is 0.943. The molecule has 5 atom stereocenters. The van der Waals surface area contributed by atoms with E-state index in [9.17, 15) is 19.2 Å². The number of carbonyl (C=O) groups is 4. The quantitative estimate of drug-likeness (QED) is 0.150. The molecule has 1 aromatic heterocycles. The van der Waals surface area contributed by atoms with Gasteiger partial charge in [0.15, 0.2) is 0 Å². The van der Waals surface area contributed by atoms with Crippen LogP contribution in [0.25, 0.3) is 33.3 Å². The standard InChI is InChI=1S/C56H64FN7O8/c1-30(2)49(60-54(67)69-7)51(65)62-19-9-11-43(62)40-23-37(28-58-40)33-15-16-42-36(21-33)25-45-48-39(57)22-35(27-47(48)71-53(64(42)45)34-14-13-32-17-18-56(5,6)72-46(32)26-34)38-24-41(59-29-38)44-12-10-20-63(44)52(66)50(31(3)4)61-55(68)70-8/h13-16,21-22,25-31,43-44,49-50,53H,9-12,17-20,23-24H2,1-8H3,(H,60,67)(H,61,68)/t43-,44-,49-,50-,53?/m0/s1. The molecule has 2 N–H and O–H groups in total. The molecule has 4 aromatic rings. The molecule has 6 aliphatic rings. The van der Waals surface area contributed by atoms with E-state index >= 15 is 4.39 Å². The van der Waals surface area contributed by atoms with Gasteiger partial charge in [-0.3, -0.25) is 19.6 Å². The normalized spacial score (nSPS) is 21.7. The Labute approximate surface area is 419 Å². The van der Waals surface area contributed by atoms with Crippen LogP contribution in [0.2, 0.25) is 0 Å². The lowest BCUT2D eigenvalue weighted by Gasteiger charge is -2.34. The van der Waals surface area contributed by atoms with E-state index < -0.39 is 36.3 Å². The zero-order chi connectivity index (χ0) is 50.7. The summed E-state index contributed by atoms with van der Waals surface area (Å²) < 4.78 is 42.4. The maximum Gasteiger partial charge on any atom is 0.407 e. The van der Waals surface area contributed by atoms with Gasteiger partial charge in [0.2, 0.25) is 18.0 Å². The van der Waals surface area contributed by atoms with Crippen molar-refractivity contribution < 1.29 is 42.5 Å². The number of nitrogens with zero attached hydrogens (tertiary/aromatic N) is 5. The third kappa shape index (κ3) is 9.01. The van der Waals surface area contributed by atoms with E-state index in [0.29, 0.717) is 48.5 Å². The third-order valence-corrected chi connectivity index (χ3v) is 15.3. The van der Waals surface area contributed by atoms with E-state index in [0.717, 1.165) is 94.4 Å². The summed E-state index contributed by atoms with van der Waals surface area (Å²) in [6.07, 6.45) is 7.60. The molecule has 1 unspecified atom stereocenters. The molecule has 0 aliphatic carbocycles. The van der Waals surface area contributed by atoms with Gasteiger partial charge in [0.05, 0.1) is 43.1 Å². The Morgan fingerprint density at radius 3 is 1.93 bits per heavy atom. The van der Waals surface area contributed by atoms with Gasteiger partial charge in [-0.15, -0.1) is 0 Å². The van der Waals surface area contributed by atoms with Crippen LogP contribution in [-0.2, 0) is 25.5 Å². The van der Waals surface area contributed by atoms with Crippen LogP contribution in [-0.4, -0.2) is 107 Å². The summed E-state index contributed by atoms with van der Waals surface area (Å²) in [5.41, 5.74) is 8.70. The lowest BCUT2D eigenvalue weighted by Crippen LogP contribution is -2.53. The number of methoxy groups -OCH3 is 2. The fourth-order valence-electron chi connectivity index (χ4n) is 11.4. The highest BCUT2D eigenvalue weighted by molar-refractivity contribution is 6.06. The summed E-state index contributed by atoms with van der Waals surface area (Å²) >= 11 is 0. The first-order valence-corrected chi connectivity index (χ1v) is 25.3. The van der Waals surface area contributed by atoms with Crippen LogP contribution in [0.4, 0.5) is 14.0 Å².